The third-order valence-electron chi connectivity index (χ3n) is 4.89. The van der Waals surface area contributed by atoms with Crippen LogP contribution in [0.15, 0.2) is 30.3 Å². The van der Waals surface area contributed by atoms with E-state index in [0.29, 0.717) is 26.3 Å². The summed E-state index contributed by atoms with van der Waals surface area (Å²) in [6.45, 7) is 4.62. The minimum atomic E-state index is -0.360. The third-order valence-corrected chi connectivity index (χ3v) is 4.89. The van der Waals surface area contributed by atoms with Crippen LogP contribution in [-0.4, -0.2) is 73.2 Å². The quantitative estimate of drug-likeness (QED) is 0.822. The number of aliphatic hydroxyl groups is 1. The number of likely N-dealkylation sites (N-methyl/N-ethyl adjacent to an activating group) is 1. The van der Waals surface area contributed by atoms with Gasteiger partial charge in [-0.3, -0.25) is 9.80 Å². The van der Waals surface area contributed by atoms with E-state index in [0.717, 1.165) is 19.5 Å². The van der Waals surface area contributed by atoms with Gasteiger partial charge in [0.15, 0.2) is 6.29 Å². The molecule has 2 heterocycles. The standard InChI is InChI=1S/C19H30N2O3/c1-20(13-16-7-3-2-4-8-16)14-17(22)15-21-10-6-5-9-18(21)19-23-11-12-24-19/h2-4,7-8,17-19,22H,5-6,9-15H2,1H3. The maximum atomic E-state index is 10.5. The van der Waals surface area contributed by atoms with Crippen LogP contribution in [0.5, 0.6) is 0 Å². The highest BCUT2D eigenvalue weighted by Crippen LogP contribution is 2.24. The Bertz CT molecular complexity index is 479. The summed E-state index contributed by atoms with van der Waals surface area (Å²) in [5.74, 6) is 0. The Morgan fingerprint density at radius 1 is 1.21 bits per heavy atom. The molecule has 5 heteroatoms. The second-order valence-electron chi connectivity index (χ2n) is 7.00. The summed E-state index contributed by atoms with van der Waals surface area (Å²) in [5, 5.41) is 10.5. The number of hydrogen-bond acceptors (Lipinski definition) is 5. The summed E-state index contributed by atoms with van der Waals surface area (Å²) in [5.41, 5.74) is 1.27. The van der Waals surface area contributed by atoms with E-state index in [2.05, 4.69) is 41.1 Å². The molecule has 0 aliphatic carbocycles. The zero-order chi connectivity index (χ0) is 16.8. The van der Waals surface area contributed by atoms with Crippen molar-refractivity contribution in [2.75, 3.05) is 39.9 Å². The van der Waals surface area contributed by atoms with E-state index >= 15 is 0 Å². The summed E-state index contributed by atoms with van der Waals surface area (Å²) in [6.07, 6.45) is 3.03. The number of likely N-dealkylation sites (tertiary alicyclic amines) is 1. The summed E-state index contributed by atoms with van der Waals surface area (Å²) in [4.78, 5) is 4.54. The number of aliphatic hydroxyl groups excluding tert-OH is 1. The zero-order valence-corrected chi connectivity index (χ0v) is 14.6. The van der Waals surface area contributed by atoms with E-state index in [1.807, 2.05) is 6.07 Å². The third kappa shape index (κ3) is 5.01. The molecule has 1 aromatic carbocycles. The van der Waals surface area contributed by atoms with Crippen molar-refractivity contribution in [2.24, 2.45) is 0 Å². The van der Waals surface area contributed by atoms with E-state index in [1.165, 1.54) is 18.4 Å². The lowest BCUT2D eigenvalue weighted by Crippen LogP contribution is -2.51. The number of piperidine rings is 1. The number of benzene rings is 1. The summed E-state index contributed by atoms with van der Waals surface area (Å²) >= 11 is 0. The van der Waals surface area contributed by atoms with Gasteiger partial charge in [0.05, 0.1) is 25.4 Å². The van der Waals surface area contributed by atoms with Gasteiger partial charge < -0.3 is 14.6 Å². The first-order valence-corrected chi connectivity index (χ1v) is 9.10. The Morgan fingerprint density at radius 3 is 2.71 bits per heavy atom. The molecule has 0 spiro atoms. The molecule has 0 amide bonds. The smallest absolute Gasteiger partial charge is 0.173 e. The predicted molar refractivity (Wildman–Crippen MR) is 93.7 cm³/mol. The van der Waals surface area contributed by atoms with Crippen molar-refractivity contribution in [2.45, 2.75) is 44.2 Å². The molecule has 24 heavy (non-hydrogen) atoms. The molecule has 1 aromatic rings. The van der Waals surface area contributed by atoms with Crippen LogP contribution in [0, 0.1) is 0 Å². The average Bonchev–Trinajstić information content (AvgIpc) is 3.10. The second-order valence-corrected chi connectivity index (χ2v) is 7.00. The van der Waals surface area contributed by atoms with Crippen molar-refractivity contribution in [3.8, 4) is 0 Å². The van der Waals surface area contributed by atoms with Crippen LogP contribution in [0.25, 0.3) is 0 Å². The van der Waals surface area contributed by atoms with Crippen LogP contribution < -0.4 is 0 Å². The van der Waals surface area contributed by atoms with Crippen molar-refractivity contribution >= 4 is 0 Å². The normalized spacial score (nSPS) is 24.5. The van der Waals surface area contributed by atoms with E-state index in [1.54, 1.807) is 0 Å². The Morgan fingerprint density at radius 2 is 1.96 bits per heavy atom. The van der Waals surface area contributed by atoms with Gasteiger partial charge >= 0.3 is 0 Å². The monoisotopic (exact) mass is 334 g/mol. The minimum Gasteiger partial charge on any atom is -0.390 e. The van der Waals surface area contributed by atoms with Crippen molar-refractivity contribution in [3.63, 3.8) is 0 Å². The molecule has 2 fully saturated rings. The molecule has 134 valence electrons. The molecule has 2 aliphatic rings. The van der Waals surface area contributed by atoms with Crippen molar-refractivity contribution in [1.82, 2.24) is 9.80 Å². The molecular weight excluding hydrogens is 304 g/mol. The van der Waals surface area contributed by atoms with E-state index in [9.17, 15) is 5.11 Å². The van der Waals surface area contributed by atoms with Gasteiger partial charge in [-0.1, -0.05) is 36.8 Å². The summed E-state index contributed by atoms with van der Waals surface area (Å²) in [7, 11) is 2.06. The number of hydrogen-bond donors (Lipinski definition) is 1. The van der Waals surface area contributed by atoms with Crippen LogP contribution in [0.3, 0.4) is 0 Å². The molecule has 0 bridgehead atoms. The van der Waals surface area contributed by atoms with Crippen LogP contribution in [0.1, 0.15) is 24.8 Å². The molecule has 3 rings (SSSR count). The Hall–Kier alpha value is -0.980. The lowest BCUT2D eigenvalue weighted by atomic mass is 10.0. The molecular formula is C19H30N2O3. The molecule has 2 atom stereocenters. The number of ether oxygens (including phenoxy) is 2. The summed E-state index contributed by atoms with van der Waals surface area (Å²) in [6, 6.07) is 10.7. The van der Waals surface area contributed by atoms with Gasteiger partial charge in [0.25, 0.3) is 0 Å². The lowest BCUT2D eigenvalue weighted by molar-refractivity contribution is -0.115. The fraction of sp³-hybridized carbons (Fsp3) is 0.684. The molecule has 2 saturated heterocycles. The predicted octanol–water partition coefficient (Wildman–Crippen LogP) is 1.71. The molecule has 0 saturated carbocycles. The van der Waals surface area contributed by atoms with Crippen molar-refractivity contribution in [3.05, 3.63) is 35.9 Å². The molecule has 2 unspecified atom stereocenters. The molecule has 0 aromatic heterocycles. The SMILES string of the molecule is CN(Cc1ccccc1)CC(O)CN1CCCCC1C1OCCO1. The molecule has 0 radical (unpaired) electrons. The van der Waals surface area contributed by atoms with E-state index < -0.39 is 0 Å². The largest absolute Gasteiger partial charge is 0.390 e. The number of β-amino-alcohol motifs (C(OH)–C–C–N with tert-alkyl or cyclic N) is 1. The fourth-order valence-electron chi connectivity index (χ4n) is 3.80. The first-order chi connectivity index (χ1) is 11.7. The Labute approximate surface area is 145 Å². The van der Waals surface area contributed by atoms with Crippen LogP contribution >= 0.6 is 0 Å². The van der Waals surface area contributed by atoms with Gasteiger partial charge in [0.2, 0.25) is 0 Å². The average molecular weight is 334 g/mol. The Kier molecular flexibility index (Phi) is 6.63. The van der Waals surface area contributed by atoms with Crippen LogP contribution in [0.2, 0.25) is 0 Å². The van der Waals surface area contributed by atoms with Gasteiger partial charge in [-0.2, -0.15) is 0 Å². The number of nitrogens with zero attached hydrogens (tertiary/aromatic N) is 2. The maximum absolute atomic E-state index is 10.5. The maximum Gasteiger partial charge on any atom is 0.173 e. The van der Waals surface area contributed by atoms with Gasteiger partial charge in [-0.15, -0.1) is 0 Å². The van der Waals surface area contributed by atoms with Gasteiger partial charge in [0, 0.05) is 19.6 Å². The first-order valence-electron chi connectivity index (χ1n) is 9.10. The lowest BCUT2D eigenvalue weighted by Gasteiger charge is -2.39. The number of rotatable bonds is 7. The topological polar surface area (TPSA) is 45.2 Å². The van der Waals surface area contributed by atoms with Crippen molar-refractivity contribution < 1.29 is 14.6 Å². The minimum absolute atomic E-state index is 0.112. The fourth-order valence-corrected chi connectivity index (χ4v) is 3.80. The van der Waals surface area contributed by atoms with Crippen LogP contribution in [0.4, 0.5) is 0 Å². The van der Waals surface area contributed by atoms with E-state index in [4.69, 9.17) is 9.47 Å². The second kappa shape index (κ2) is 8.92. The van der Waals surface area contributed by atoms with E-state index in [-0.39, 0.29) is 18.4 Å². The van der Waals surface area contributed by atoms with Gasteiger partial charge in [-0.25, -0.2) is 0 Å². The van der Waals surface area contributed by atoms with Crippen molar-refractivity contribution in [1.29, 1.82) is 0 Å². The first kappa shape index (κ1) is 17.8. The summed E-state index contributed by atoms with van der Waals surface area (Å²) < 4.78 is 11.4. The highest BCUT2D eigenvalue weighted by molar-refractivity contribution is 5.14. The highest BCUT2D eigenvalue weighted by Gasteiger charge is 2.34. The molecule has 1 N–H and O–H groups in total. The highest BCUT2D eigenvalue weighted by atomic mass is 16.7. The van der Waals surface area contributed by atoms with Gasteiger partial charge in [-0.05, 0) is 32.0 Å². The Balaban J connectivity index is 1.48. The zero-order valence-electron chi connectivity index (χ0n) is 14.6. The van der Waals surface area contributed by atoms with Gasteiger partial charge in [0.1, 0.15) is 0 Å². The molecule has 5 nitrogen and oxygen atoms in total. The molecule has 2 aliphatic heterocycles. The van der Waals surface area contributed by atoms with Crippen LogP contribution in [-0.2, 0) is 16.0 Å².